The van der Waals surface area contributed by atoms with Gasteiger partial charge in [-0.05, 0) is 12.0 Å². The van der Waals surface area contributed by atoms with E-state index in [-0.39, 0.29) is 6.04 Å². The third-order valence-corrected chi connectivity index (χ3v) is 3.21. The molecule has 3 nitrogen and oxygen atoms in total. The molecular weight excluding hydrogens is 210 g/mol. The van der Waals surface area contributed by atoms with Gasteiger partial charge in [0.2, 0.25) is 0 Å². The van der Waals surface area contributed by atoms with Crippen molar-refractivity contribution in [2.24, 2.45) is 12.8 Å². The number of nitrogens with zero attached hydrogens (tertiary/aromatic N) is 2. The molecule has 2 atom stereocenters. The first-order valence-electron chi connectivity index (χ1n) is 6.01. The summed E-state index contributed by atoms with van der Waals surface area (Å²) in [6.45, 7) is 2.17. The van der Waals surface area contributed by atoms with E-state index >= 15 is 0 Å². The van der Waals surface area contributed by atoms with Gasteiger partial charge in [-0.15, -0.1) is 0 Å². The maximum Gasteiger partial charge on any atom is 0.0537 e. The van der Waals surface area contributed by atoms with Crippen LogP contribution in [0.15, 0.2) is 42.7 Å². The van der Waals surface area contributed by atoms with E-state index in [0.29, 0.717) is 5.92 Å². The Morgan fingerprint density at radius 1 is 1.24 bits per heavy atom. The summed E-state index contributed by atoms with van der Waals surface area (Å²) in [7, 11) is 1.92. The van der Waals surface area contributed by atoms with Crippen LogP contribution in [-0.2, 0) is 7.05 Å². The lowest BCUT2D eigenvalue weighted by atomic mass is 9.87. The largest absolute Gasteiger partial charge is 0.323 e. The maximum absolute atomic E-state index is 6.34. The first-order chi connectivity index (χ1) is 8.22. The van der Waals surface area contributed by atoms with Gasteiger partial charge in [-0.3, -0.25) is 4.68 Å². The Balaban J connectivity index is 2.25. The van der Waals surface area contributed by atoms with E-state index in [1.165, 1.54) is 5.56 Å². The minimum absolute atomic E-state index is 0.0103. The highest BCUT2D eigenvalue weighted by Crippen LogP contribution is 2.31. The number of aryl methyl sites for hydroxylation is 1. The zero-order chi connectivity index (χ0) is 12.3. The summed E-state index contributed by atoms with van der Waals surface area (Å²) < 4.78 is 1.80. The molecule has 1 aromatic heterocycles. The van der Waals surface area contributed by atoms with E-state index in [9.17, 15) is 0 Å². The van der Waals surface area contributed by atoms with Gasteiger partial charge in [0.1, 0.15) is 0 Å². The topological polar surface area (TPSA) is 43.8 Å². The van der Waals surface area contributed by atoms with Crippen molar-refractivity contribution in [3.8, 4) is 0 Å². The summed E-state index contributed by atoms with van der Waals surface area (Å²) in [6, 6.07) is 10.5. The molecule has 0 saturated carbocycles. The van der Waals surface area contributed by atoms with E-state index < -0.39 is 0 Å². The van der Waals surface area contributed by atoms with Gasteiger partial charge < -0.3 is 5.73 Å². The van der Waals surface area contributed by atoms with Crippen LogP contribution in [0.4, 0.5) is 0 Å². The van der Waals surface area contributed by atoms with Crippen molar-refractivity contribution in [1.82, 2.24) is 9.78 Å². The lowest BCUT2D eigenvalue weighted by Crippen LogP contribution is -2.19. The number of rotatable bonds is 4. The molecule has 0 bridgehead atoms. The van der Waals surface area contributed by atoms with Crippen molar-refractivity contribution < 1.29 is 0 Å². The summed E-state index contributed by atoms with van der Waals surface area (Å²) >= 11 is 0. The fourth-order valence-electron chi connectivity index (χ4n) is 2.24. The van der Waals surface area contributed by atoms with Crippen LogP contribution >= 0.6 is 0 Å². The lowest BCUT2D eigenvalue weighted by Gasteiger charge is -2.22. The fraction of sp³-hybridized carbons (Fsp3) is 0.357. The van der Waals surface area contributed by atoms with Gasteiger partial charge in [-0.1, -0.05) is 37.3 Å². The SMILES string of the molecule is CCC(c1ccccc1)C(N)c1cnn(C)c1. The van der Waals surface area contributed by atoms with Gasteiger partial charge in [0.05, 0.1) is 6.20 Å². The molecule has 0 fully saturated rings. The first kappa shape index (κ1) is 11.9. The van der Waals surface area contributed by atoms with Crippen LogP contribution in [0.3, 0.4) is 0 Å². The van der Waals surface area contributed by atoms with Crippen LogP contribution in [0.1, 0.15) is 36.4 Å². The van der Waals surface area contributed by atoms with Crippen LogP contribution < -0.4 is 5.73 Å². The van der Waals surface area contributed by atoms with E-state index in [0.717, 1.165) is 12.0 Å². The monoisotopic (exact) mass is 229 g/mol. The molecule has 1 aromatic carbocycles. The average molecular weight is 229 g/mol. The van der Waals surface area contributed by atoms with Gasteiger partial charge in [0, 0.05) is 30.8 Å². The Kier molecular flexibility index (Phi) is 3.59. The van der Waals surface area contributed by atoms with Crippen molar-refractivity contribution >= 4 is 0 Å². The molecule has 0 amide bonds. The predicted molar refractivity (Wildman–Crippen MR) is 69.6 cm³/mol. The van der Waals surface area contributed by atoms with Crippen molar-refractivity contribution in [2.75, 3.05) is 0 Å². The molecule has 2 rings (SSSR count). The number of hydrogen-bond donors (Lipinski definition) is 1. The molecule has 90 valence electrons. The molecule has 0 radical (unpaired) electrons. The van der Waals surface area contributed by atoms with E-state index in [1.54, 1.807) is 4.68 Å². The highest BCUT2D eigenvalue weighted by molar-refractivity contribution is 5.25. The predicted octanol–water partition coefficient (Wildman–Crippen LogP) is 2.61. The molecule has 2 unspecified atom stereocenters. The van der Waals surface area contributed by atoms with Crippen LogP contribution in [0.5, 0.6) is 0 Å². The molecule has 2 N–H and O–H groups in total. The van der Waals surface area contributed by atoms with Crippen molar-refractivity contribution in [2.45, 2.75) is 25.3 Å². The normalized spacial score (nSPS) is 14.5. The molecule has 3 heteroatoms. The van der Waals surface area contributed by atoms with E-state index in [4.69, 9.17) is 5.73 Å². The second-order valence-corrected chi connectivity index (χ2v) is 4.40. The lowest BCUT2D eigenvalue weighted by molar-refractivity contribution is 0.539. The third-order valence-electron chi connectivity index (χ3n) is 3.21. The second kappa shape index (κ2) is 5.15. The molecule has 0 spiro atoms. The van der Waals surface area contributed by atoms with Crippen molar-refractivity contribution in [1.29, 1.82) is 0 Å². The fourth-order valence-corrected chi connectivity index (χ4v) is 2.24. The summed E-state index contributed by atoms with van der Waals surface area (Å²) in [6.07, 6.45) is 4.88. The smallest absolute Gasteiger partial charge is 0.0537 e. The van der Waals surface area contributed by atoms with Gasteiger partial charge >= 0.3 is 0 Å². The third kappa shape index (κ3) is 2.56. The zero-order valence-electron chi connectivity index (χ0n) is 10.4. The molecule has 17 heavy (non-hydrogen) atoms. The molecule has 1 heterocycles. The number of nitrogens with two attached hydrogens (primary N) is 1. The molecular formula is C14H19N3. The summed E-state index contributed by atoms with van der Waals surface area (Å²) in [5, 5.41) is 4.18. The second-order valence-electron chi connectivity index (χ2n) is 4.40. The van der Waals surface area contributed by atoms with Gasteiger partial charge in [0.25, 0.3) is 0 Å². The highest BCUT2D eigenvalue weighted by atomic mass is 15.2. The quantitative estimate of drug-likeness (QED) is 0.875. The van der Waals surface area contributed by atoms with Crippen LogP contribution in [0.2, 0.25) is 0 Å². The summed E-state index contributed by atoms with van der Waals surface area (Å²) in [5.74, 6) is 0.348. The minimum atomic E-state index is 0.0103. The van der Waals surface area contributed by atoms with Crippen LogP contribution in [0.25, 0.3) is 0 Å². The standard InChI is InChI=1S/C14H19N3/c1-3-13(11-7-5-4-6-8-11)14(15)12-9-16-17(2)10-12/h4-10,13-14H,3,15H2,1-2H3. The Labute approximate surface area is 102 Å². The Morgan fingerprint density at radius 3 is 2.47 bits per heavy atom. The zero-order valence-corrected chi connectivity index (χ0v) is 10.4. The average Bonchev–Trinajstić information content (AvgIpc) is 2.78. The van der Waals surface area contributed by atoms with Crippen LogP contribution in [-0.4, -0.2) is 9.78 Å². The number of hydrogen-bond acceptors (Lipinski definition) is 2. The number of aromatic nitrogens is 2. The van der Waals surface area contributed by atoms with E-state index in [1.807, 2.05) is 25.5 Å². The Morgan fingerprint density at radius 2 is 1.94 bits per heavy atom. The van der Waals surface area contributed by atoms with Crippen molar-refractivity contribution in [3.63, 3.8) is 0 Å². The van der Waals surface area contributed by atoms with Gasteiger partial charge in [-0.25, -0.2) is 0 Å². The van der Waals surface area contributed by atoms with E-state index in [2.05, 4.69) is 36.3 Å². The number of benzene rings is 1. The molecule has 0 aliphatic heterocycles. The van der Waals surface area contributed by atoms with Crippen LogP contribution in [0, 0.1) is 0 Å². The molecule has 2 aromatic rings. The minimum Gasteiger partial charge on any atom is -0.323 e. The molecule has 0 aliphatic rings. The Bertz CT molecular complexity index is 461. The van der Waals surface area contributed by atoms with Gasteiger partial charge in [0.15, 0.2) is 0 Å². The first-order valence-corrected chi connectivity index (χ1v) is 6.01. The van der Waals surface area contributed by atoms with Gasteiger partial charge in [-0.2, -0.15) is 5.10 Å². The maximum atomic E-state index is 6.34. The Hall–Kier alpha value is -1.61. The molecule has 0 saturated heterocycles. The molecule has 0 aliphatic carbocycles. The highest BCUT2D eigenvalue weighted by Gasteiger charge is 2.20. The summed E-state index contributed by atoms with van der Waals surface area (Å²) in [5.41, 5.74) is 8.74. The summed E-state index contributed by atoms with van der Waals surface area (Å²) in [4.78, 5) is 0. The van der Waals surface area contributed by atoms with Crippen molar-refractivity contribution in [3.05, 3.63) is 53.9 Å².